The van der Waals surface area contributed by atoms with E-state index >= 15 is 0 Å². The number of nitrogens with zero attached hydrogens (tertiary/aromatic N) is 3. The molecule has 12 rings (SSSR count). The van der Waals surface area contributed by atoms with E-state index < -0.39 is 0 Å². The Morgan fingerprint density at radius 2 is 0.828 bits per heavy atom. The average molecular weight is 824 g/mol. The van der Waals surface area contributed by atoms with Gasteiger partial charge in [-0.1, -0.05) is 158 Å². The third-order valence-electron chi connectivity index (χ3n) is 12.5. The van der Waals surface area contributed by atoms with E-state index in [2.05, 4.69) is 216 Å². The summed E-state index contributed by atoms with van der Waals surface area (Å²) < 4.78 is 13.6. The number of ether oxygens (including phenoxy) is 2. The van der Waals surface area contributed by atoms with Crippen molar-refractivity contribution in [3.63, 3.8) is 0 Å². The lowest BCUT2D eigenvalue weighted by atomic mass is 9.88. The minimum Gasteiger partial charge on any atom is -0.460 e. The van der Waals surface area contributed by atoms with Crippen molar-refractivity contribution in [1.29, 1.82) is 0 Å². The molecule has 1 aliphatic carbocycles. The summed E-state index contributed by atoms with van der Waals surface area (Å²) in [5, 5.41) is 0. The SMILES string of the molecule is C1=CCC2C(=C1)Oc1ccccc1-c1ccccc1N(c1ccc(-c3ccccc3N3c4ccccc4-c4ccccc4Oc4ccccc4-c4ccccc43)cn1)c1ccccc12. The van der Waals surface area contributed by atoms with Gasteiger partial charge in [-0.05, 0) is 78.7 Å². The van der Waals surface area contributed by atoms with Crippen molar-refractivity contribution in [2.45, 2.75) is 12.3 Å². The van der Waals surface area contributed by atoms with Gasteiger partial charge in [0.2, 0.25) is 0 Å². The summed E-state index contributed by atoms with van der Waals surface area (Å²) in [4.78, 5) is 10.1. The molecule has 3 heterocycles. The largest absolute Gasteiger partial charge is 0.460 e. The fraction of sp³-hybridized carbons (Fsp3) is 0.0339. The quantitative estimate of drug-likeness (QED) is 0.177. The third kappa shape index (κ3) is 6.37. The summed E-state index contributed by atoms with van der Waals surface area (Å²) in [5.41, 5.74) is 14.7. The predicted molar refractivity (Wildman–Crippen MR) is 261 cm³/mol. The number of para-hydroxylation sites is 8. The fourth-order valence-electron chi connectivity index (χ4n) is 9.61. The fourth-order valence-corrected chi connectivity index (χ4v) is 9.61. The maximum atomic E-state index is 6.83. The van der Waals surface area contributed by atoms with Crippen molar-refractivity contribution in [1.82, 2.24) is 4.98 Å². The highest BCUT2D eigenvalue weighted by Gasteiger charge is 2.31. The molecule has 5 heteroatoms. The first-order valence-electron chi connectivity index (χ1n) is 21.8. The molecule has 5 nitrogen and oxygen atoms in total. The molecule has 304 valence electrons. The van der Waals surface area contributed by atoms with Crippen LogP contribution in [0.4, 0.5) is 34.3 Å². The summed E-state index contributed by atoms with van der Waals surface area (Å²) in [7, 11) is 0. The minimum absolute atomic E-state index is 0.0238. The van der Waals surface area contributed by atoms with Gasteiger partial charge in [-0.2, -0.15) is 0 Å². The van der Waals surface area contributed by atoms with Crippen molar-refractivity contribution in [3.05, 3.63) is 242 Å². The lowest BCUT2D eigenvalue weighted by Crippen LogP contribution is -2.19. The molecular weight excluding hydrogens is 783 g/mol. The van der Waals surface area contributed by atoms with Gasteiger partial charge in [0.25, 0.3) is 0 Å². The van der Waals surface area contributed by atoms with Crippen molar-refractivity contribution < 1.29 is 9.47 Å². The van der Waals surface area contributed by atoms with E-state index in [1.54, 1.807) is 0 Å². The second kappa shape index (κ2) is 15.8. The van der Waals surface area contributed by atoms with E-state index in [1.165, 1.54) is 5.56 Å². The number of hydrogen-bond donors (Lipinski definition) is 0. The van der Waals surface area contributed by atoms with Crippen molar-refractivity contribution in [3.8, 4) is 61.8 Å². The molecule has 1 aromatic heterocycles. The summed E-state index contributed by atoms with van der Waals surface area (Å²) in [6.45, 7) is 0. The van der Waals surface area contributed by atoms with Crippen LogP contribution in [-0.4, -0.2) is 4.98 Å². The van der Waals surface area contributed by atoms with E-state index in [0.29, 0.717) is 0 Å². The molecule has 0 saturated heterocycles. The smallest absolute Gasteiger partial charge is 0.137 e. The van der Waals surface area contributed by atoms with E-state index in [-0.39, 0.29) is 5.92 Å². The van der Waals surface area contributed by atoms with Crippen LogP contribution in [0.2, 0.25) is 0 Å². The van der Waals surface area contributed by atoms with Crippen molar-refractivity contribution in [2.75, 3.05) is 9.80 Å². The van der Waals surface area contributed by atoms with E-state index in [9.17, 15) is 0 Å². The number of rotatable bonds is 3. The van der Waals surface area contributed by atoms with Gasteiger partial charge in [0.1, 0.15) is 28.8 Å². The maximum absolute atomic E-state index is 6.83. The Kier molecular flexibility index (Phi) is 9.23. The molecule has 0 saturated carbocycles. The molecule has 3 aliphatic rings. The first kappa shape index (κ1) is 37.4. The van der Waals surface area contributed by atoms with E-state index in [4.69, 9.17) is 14.5 Å². The molecule has 0 radical (unpaired) electrons. The Bertz CT molecular complexity index is 3210. The Morgan fingerprint density at radius 1 is 0.391 bits per heavy atom. The highest BCUT2D eigenvalue weighted by Crippen LogP contribution is 2.53. The van der Waals surface area contributed by atoms with Crippen molar-refractivity contribution in [2.24, 2.45) is 0 Å². The molecular formula is C59H41N3O2. The number of benzene rings is 8. The molecule has 8 aromatic carbocycles. The Labute approximate surface area is 373 Å². The van der Waals surface area contributed by atoms with Gasteiger partial charge in [0.05, 0.1) is 28.4 Å². The molecule has 2 aliphatic heterocycles. The second-order valence-corrected chi connectivity index (χ2v) is 16.2. The predicted octanol–water partition coefficient (Wildman–Crippen LogP) is 16.1. The number of fused-ring (bicyclic) bond motifs is 12. The number of allylic oxidation sites excluding steroid dienone is 4. The number of hydrogen-bond acceptors (Lipinski definition) is 5. The highest BCUT2D eigenvalue weighted by molar-refractivity contribution is 5.99. The van der Waals surface area contributed by atoms with Crippen LogP contribution >= 0.6 is 0 Å². The van der Waals surface area contributed by atoms with Crippen LogP contribution in [0.5, 0.6) is 17.2 Å². The van der Waals surface area contributed by atoms with Gasteiger partial charge in [0.15, 0.2) is 0 Å². The van der Waals surface area contributed by atoms with Gasteiger partial charge in [-0.3, -0.25) is 4.90 Å². The molecule has 9 aromatic rings. The summed E-state index contributed by atoms with van der Waals surface area (Å²) in [6, 6.07) is 72.6. The monoisotopic (exact) mass is 823 g/mol. The van der Waals surface area contributed by atoms with Gasteiger partial charge >= 0.3 is 0 Å². The van der Waals surface area contributed by atoms with Crippen LogP contribution in [0.25, 0.3) is 44.5 Å². The van der Waals surface area contributed by atoms with Gasteiger partial charge in [-0.15, -0.1) is 0 Å². The van der Waals surface area contributed by atoms with Gasteiger partial charge in [0, 0.05) is 56.6 Å². The molecule has 1 atom stereocenters. The standard InChI is InChI=1S/C59H41N3O2/c1-10-28-50(61-51-29-11-2-20-42(51)46-24-6-15-33-55(46)63-56-34-16-7-25-47(56)43-21-3-12-30-52(43)61)41(19-1)40-37-38-59(60-39-40)62-53-31-13-4-22-44(53)48-26-8-17-35-57(48)64-58-36-18-9-27-49(58)45-23-5-14-32-54(45)62/h1-26,28-39,49H,27H2. The molecule has 0 amide bonds. The highest BCUT2D eigenvalue weighted by atomic mass is 16.5. The Hall–Kier alpha value is -8.41. The van der Waals surface area contributed by atoms with Crippen LogP contribution in [0.3, 0.4) is 0 Å². The van der Waals surface area contributed by atoms with Crippen LogP contribution < -0.4 is 19.3 Å². The van der Waals surface area contributed by atoms with Crippen LogP contribution in [0, 0.1) is 0 Å². The normalized spacial score (nSPS) is 14.6. The molecule has 0 N–H and O–H groups in total. The number of anilines is 6. The maximum Gasteiger partial charge on any atom is 0.137 e. The van der Waals surface area contributed by atoms with Gasteiger partial charge < -0.3 is 14.4 Å². The summed E-state index contributed by atoms with van der Waals surface area (Å²) in [6.07, 6.45) is 9.30. The Morgan fingerprint density at radius 3 is 1.38 bits per heavy atom. The molecule has 0 spiro atoms. The van der Waals surface area contributed by atoms with E-state index in [1.807, 2.05) is 24.4 Å². The minimum atomic E-state index is 0.0238. The van der Waals surface area contributed by atoms with Crippen LogP contribution in [-0.2, 0) is 0 Å². The van der Waals surface area contributed by atoms with Crippen LogP contribution in [0.1, 0.15) is 17.9 Å². The number of aromatic nitrogens is 1. The van der Waals surface area contributed by atoms with Gasteiger partial charge in [-0.25, -0.2) is 4.98 Å². The molecule has 0 fully saturated rings. The van der Waals surface area contributed by atoms with Crippen LogP contribution in [0.15, 0.2) is 236 Å². The zero-order chi connectivity index (χ0) is 42.4. The van der Waals surface area contributed by atoms with E-state index in [0.717, 1.165) is 108 Å². The molecule has 0 bridgehead atoms. The zero-order valence-electron chi connectivity index (χ0n) is 34.9. The lowest BCUT2D eigenvalue weighted by Gasteiger charge is -2.34. The summed E-state index contributed by atoms with van der Waals surface area (Å²) >= 11 is 0. The van der Waals surface area contributed by atoms with Crippen molar-refractivity contribution >= 4 is 34.3 Å². The Balaban J connectivity index is 1.05. The molecule has 1 unspecified atom stereocenters. The first-order chi connectivity index (χ1) is 31.8. The average Bonchev–Trinajstić information content (AvgIpc) is 3.36. The first-order valence-corrected chi connectivity index (χ1v) is 21.8. The second-order valence-electron chi connectivity index (χ2n) is 16.2. The zero-order valence-corrected chi connectivity index (χ0v) is 34.9. The summed E-state index contributed by atoms with van der Waals surface area (Å²) in [5.74, 6) is 4.21. The molecule has 64 heavy (non-hydrogen) atoms. The number of pyridine rings is 1. The third-order valence-corrected chi connectivity index (χ3v) is 12.5. The lowest BCUT2D eigenvalue weighted by molar-refractivity contribution is 0.382. The topological polar surface area (TPSA) is 37.8 Å².